The zero-order valence-corrected chi connectivity index (χ0v) is 22.6. The molecule has 0 spiro atoms. The van der Waals surface area contributed by atoms with E-state index in [1.807, 2.05) is 0 Å². The van der Waals surface area contributed by atoms with Gasteiger partial charge in [-0.1, -0.05) is 0 Å². The van der Waals surface area contributed by atoms with Crippen molar-refractivity contribution in [1.82, 2.24) is 9.80 Å². The molecule has 0 aromatic rings. The molecule has 36 heavy (non-hydrogen) atoms. The van der Waals surface area contributed by atoms with Crippen LogP contribution in [0.5, 0.6) is 0 Å². The Bertz CT molecular complexity index is 710. The van der Waals surface area contributed by atoms with Gasteiger partial charge in [0.05, 0.1) is 38.5 Å². The van der Waals surface area contributed by atoms with Gasteiger partial charge in [0.15, 0.2) is 0 Å². The molecule has 2 amide bonds. The molecule has 0 bridgehead atoms. The third kappa shape index (κ3) is 10.2. The predicted octanol–water partition coefficient (Wildman–Crippen LogP) is 1.55. The summed E-state index contributed by atoms with van der Waals surface area (Å²) in [5.41, 5.74) is -1.19. The van der Waals surface area contributed by atoms with Gasteiger partial charge in [-0.05, 0) is 55.4 Å². The van der Waals surface area contributed by atoms with Crippen molar-refractivity contribution in [1.29, 1.82) is 0 Å². The average Bonchev–Trinajstić information content (AvgIpc) is 3.29. The number of aliphatic hydroxyl groups excluding tert-OH is 2. The van der Waals surface area contributed by atoms with E-state index in [2.05, 4.69) is 0 Å². The summed E-state index contributed by atoms with van der Waals surface area (Å²) in [4.78, 5) is 49.3. The second kappa shape index (κ2) is 13.1. The Morgan fingerprint density at radius 1 is 0.667 bits per heavy atom. The molecule has 2 rings (SSSR count). The van der Waals surface area contributed by atoms with Crippen LogP contribution in [0.15, 0.2) is 0 Å². The highest BCUT2D eigenvalue weighted by atomic mass is 16.6. The fourth-order valence-corrected chi connectivity index (χ4v) is 3.49. The monoisotopic (exact) mass is 518 g/mol. The molecule has 2 heterocycles. The zero-order valence-electron chi connectivity index (χ0n) is 22.6. The van der Waals surface area contributed by atoms with Crippen LogP contribution in [0.4, 0.5) is 9.59 Å². The summed E-state index contributed by atoms with van der Waals surface area (Å²) in [6.45, 7) is 15.0. The Morgan fingerprint density at radius 2 is 0.972 bits per heavy atom. The smallest absolute Gasteiger partial charge is 0.410 e. The number of carbonyl (C=O) groups is 4. The first kappa shape index (κ1) is 31.4. The van der Waals surface area contributed by atoms with E-state index < -0.39 is 59.4 Å². The van der Waals surface area contributed by atoms with Crippen molar-refractivity contribution in [3.05, 3.63) is 0 Å². The highest BCUT2D eigenvalue weighted by Crippen LogP contribution is 2.22. The molecule has 2 aliphatic heterocycles. The number of esters is 2. The maximum atomic E-state index is 11.8. The topological polar surface area (TPSA) is 152 Å². The number of likely N-dealkylation sites (tertiary alicyclic amines) is 2. The minimum atomic E-state index is -0.892. The maximum Gasteiger partial charge on any atom is 0.410 e. The fraction of sp³-hybridized carbons (Fsp3) is 0.833. The van der Waals surface area contributed by atoms with Crippen LogP contribution in [0.25, 0.3) is 0 Å². The Morgan fingerprint density at radius 3 is 1.22 bits per heavy atom. The number of hydrogen-bond donors (Lipinski definition) is 2. The summed E-state index contributed by atoms with van der Waals surface area (Å²) in [6, 6.07) is 0. The Kier molecular flexibility index (Phi) is 11.4. The van der Waals surface area contributed by atoms with Gasteiger partial charge in [-0.2, -0.15) is 0 Å². The van der Waals surface area contributed by atoms with Crippen LogP contribution in [-0.4, -0.2) is 107 Å². The average molecular weight is 519 g/mol. The maximum absolute atomic E-state index is 11.8. The molecule has 0 aromatic carbocycles. The molecule has 0 saturated carbocycles. The zero-order chi connectivity index (χ0) is 27.8. The van der Waals surface area contributed by atoms with E-state index in [-0.39, 0.29) is 39.4 Å². The molecule has 0 aliphatic carbocycles. The van der Waals surface area contributed by atoms with Crippen molar-refractivity contribution in [2.45, 2.75) is 78.8 Å². The van der Waals surface area contributed by atoms with E-state index in [4.69, 9.17) is 18.9 Å². The van der Waals surface area contributed by atoms with Crippen molar-refractivity contribution >= 4 is 24.1 Å². The Balaban J connectivity index is 0.000000360. The van der Waals surface area contributed by atoms with E-state index in [1.54, 1.807) is 55.4 Å². The molecule has 0 unspecified atom stereocenters. The molecule has 2 N–H and O–H groups in total. The van der Waals surface area contributed by atoms with Gasteiger partial charge < -0.3 is 39.0 Å². The molecule has 208 valence electrons. The predicted molar refractivity (Wildman–Crippen MR) is 128 cm³/mol. The van der Waals surface area contributed by atoms with Crippen molar-refractivity contribution in [2.75, 3.05) is 39.4 Å². The van der Waals surface area contributed by atoms with Gasteiger partial charge in [0.2, 0.25) is 0 Å². The lowest BCUT2D eigenvalue weighted by Crippen LogP contribution is -2.36. The van der Waals surface area contributed by atoms with Crippen LogP contribution >= 0.6 is 0 Å². The van der Waals surface area contributed by atoms with Crippen LogP contribution in [0.2, 0.25) is 0 Å². The first-order valence-electron chi connectivity index (χ1n) is 12.1. The SMILES string of the molecule is CCOC(=O)[C@@H]1CN(C(=O)OC(C)(C)C)C[C@@H]1O.CCOC(=O)[C@H]1CN(C(=O)OC(C)(C)C)C[C@H]1O. The van der Waals surface area contributed by atoms with Crippen LogP contribution < -0.4 is 0 Å². The number of carbonyl (C=O) groups excluding carboxylic acids is 4. The summed E-state index contributed by atoms with van der Waals surface area (Å²) < 4.78 is 20.1. The molecule has 0 aromatic heterocycles. The van der Waals surface area contributed by atoms with E-state index in [9.17, 15) is 29.4 Å². The standard InChI is InChI=1S/2C12H21NO5/c2*1-5-17-10(15)8-6-13(7-9(8)14)11(16)18-12(2,3)4/h2*8-9,14H,5-7H2,1-4H3/t2*8-,9+/m10/s1. The summed E-state index contributed by atoms with van der Waals surface area (Å²) in [7, 11) is 0. The van der Waals surface area contributed by atoms with Crippen LogP contribution in [0, 0.1) is 11.8 Å². The van der Waals surface area contributed by atoms with E-state index in [0.29, 0.717) is 0 Å². The minimum absolute atomic E-state index is 0.0956. The third-order valence-electron chi connectivity index (χ3n) is 5.06. The lowest BCUT2D eigenvalue weighted by molar-refractivity contribution is -0.151. The quantitative estimate of drug-likeness (QED) is 0.414. The fourth-order valence-electron chi connectivity index (χ4n) is 3.49. The third-order valence-corrected chi connectivity index (χ3v) is 5.06. The van der Waals surface area contributed by atoms with Gasteiger partial charge in [0.1, 0.15) is 23.0 Å². The van der Waals surface area contributed by atoms with E-state index in [0.717, 1.165) is 0 Å². The van der Waals surface area contributed by atoms with Gasteiger partial charge in [-0.15, -0.1) is 0 Å². The van der Waals surface area contributed by atoms with Gasteiger partial charge in [-0.25, -0.2) is 9.59 Å². The van der Waals surface area contributed by atoms with Crippen LogP contribution in [0.1, 0.15) is 55.4 Å². The molecule has 2 aliphatic rings. The number of amides is 2. The van der Waals surface area contributed by atoms with Crippen LogP contribution in [0.3, 0.4) is 0 Å². The molecule has 0 radical (unpaired) electrons. The van der Waals surface area contributed by atoms with Gasteiger partial charge in [-0.3, -0.25) is 9.59 Å². The number of ether oxygens (including phenoxy) is 4. The molecule has 2 saturated heterocycles. The summed E-state index contributed by atoms with van der Waals surface area (Å²) in [5, 5.41) is 19.5. The molecule has 12 heteroatoms. The first-order valence-corrected chi connectivity index (χ1v) is 12.1. The Labute approximate surface area is 212 Å². The van der Waals surface area contributed by atoms with E-state index in [1.165, 1.54) is 9.80 Å². The lowest BCUT2D eigenvalue weighted by atomic mass is 10.1. The van der Waals surface area contributed by atoms with Crippen LogP contribution in [-0.2, 0) is 28.5 Å². The van der Waals surface area contributed by atoms with Gasteiger partial charge >= 0.3 is 24.1 Å². The van der Waals surface area contributed by atoms with Crippen molar-refractivity contribution < 1.29 is 48.3 Å². The largest absolute Gasteiger partial charge is 0.466 e. The van der Waals surface area contributed by atoms with Crippen molar-refractivity contribution in [2.24, 2.45) is 11.8 Å². The number of aliphatic hydroxyl groups is 2. The second-order valence-electron chi connectivity index (χ2n) is 10.6. The Hall–Kier alpha value is -2.60. The summed E-state index contributed by atoms with van der Waals surface area (Å²) >= 11 is 0. The highest BCUT2D eigenvalue weighted by molar-refractivity contribution is 5.77. The number of hydrogen-bond acceptors (Lipinski definition) is 10. The molecule has 12 nitrogen and oxygen atoms in total. The van der Waals surface area contributed by atoms with E-state index >= 15 is 0 Å². The highest BCUT2D eigenvalue weighted by Gasteiger charge is 2.42. The first-order chi connectivity index (χ1) is 16.5. The minimum Gasteiger partial charge on any atom is -0.466 e. The normalized spacial score (nSPS) is 23.9. The summed E-state index contributed by atoms with van der Waals surface area (Å²) in [5.74, 6) is -2.32. The molecule has 4 atom stereocenters. The molecular formula is C24H42N2O10. The second-order valence-corrected chi connectivity index (χ2v) is 10.6. The number of rotatable bonds is 4. The summed E-state index contributed by atoms with van der Waals surface area (Å²) in [6.07, 6.45) is -2.82. The lowest BCUT2D eigenvalue weighted by Gasteiger charge is -2.24. The molecule has 2 fully saturated rings. The van der Waals surface area contributed by atoms with Crippen molar-refractivity contribution in [3.8, 4) is 0 Å². The van der Waals surface area contributed by atoms with Gasteiger partial charge in [0.25, 0.3) is 0 Å². The number of β-amino-alcohol motifs (C(OH)–C–C–N with tert-alkyl or cyclic N) is 2. The van der Waals surface area contributed by atoms with Gasteiger partial charge in [0, 0.05) is 13.1 Å². The number of nitrogens with zero attached hydrogens (tertiary/aromatic N) is 2. The van der Waals surface area contributed by atoms with Crippen molar-refractivity contribution in [3.63, 3.8) is 0 Å². The molecular weight excluding hydrogens is 476 g/mol.